The molecule has 2 aromatic carbocycles. The molecule has 0 atom stereocenters. The van der Waals surface area contributed by atoms with Gasteiger partial charge >= 0.3 is 11.9 Å². The molecule has 0 amide bonds. The molecule has 0 saturated heterocycles. The molecule has 200 valence electrons. The number of halogens is 4. The van der Waals surface area contributed by atoms with Crippen molar-refractivity contribution in [3.8, 4) is 11.5 Å². The molecule has 9 heteroatoms. The Kier molecular flexibility index (Phi) is 11.0. The molecule has 0 heterocycles. The van der Waals surface area contributed by atoms with E-state index < -0.39 is 22.8 Å². The van der Waals surface area contributed by atoms with E-state index in [1.54, 1.807) is 65.8 Å². The molecule has 2 rings (SSSR count). The van der Waals surface area contributed by atoms with E-state index in [2.05, 4.69) is 0 Å². The predicted molar refractivity (Wildman–Crippen MR) is 150 cm³/mol. The lowest BCUT2D eigenvalue weighted by Crippen LogP contribution is -2.25. The quantitative estimate of drug-likeness (QED) is 0.175. The van der Waals surface area contributed by atoms with Crippen LogP contribution in [-0.2, 0) is 27.2 Å². The zero-order valence-corrected chi connectivity index (χ0v) is 24.6. The van der Waals surface area contributed by atoms with E-state index in [-0.39, 0.29) is 11.5 Å². The van der Waals surface area contributed by atoms with E-state index in [1.165, 1.54) is 24.7 Å². The first-order valence-corrected chi connectivity index (χ1v) is 13.0. The maximum atomic E-state index is 12.1. The molecule has 0 fully saturated rings. The Morgan fingerprint density at radius 2 is 1.00 bits per heavy atom. The molecule has 0 spiro atoms. The summed E-state index contributed by atoms with van der Waals surface area (Å²) >= 11 is 25.2. The van der Waals surface area contributed by atoms with Crippen molar-refractivity contribution in [2.75, 3.05) is 0 Å². The van der Waals surface area contributed by atoms with Gasteiger partial charge in [0, 0.05) is 22.2 Å². The Balaban J connectivity index is 1.91. The summed E-state index contributed by atoms with van der Waals surface area (Å²) in [7, 11) is 0. The second kappa shape index (κ2) is 13.1. The van der Waals surface area contributed by atoms with Crippen LogP contribution in [0.5, 0.6) is 11.5 Å². The van der Waals surface area contributed by atoms with Crippen LogP contribution in [0, 0.1) is 10.8 Å². The topological polar surface area (TPSA) is 61.8 Å². The van der Waals surface area contributed by atoms with Gasteiger partial charge in [0.25, 0.3) is 0 Å². The number of rotatable bonds is 8. The Bertz CT molecular complexity index is 1110. The molecule has 0 aliphatic rings. The van der Waals surface area contributed by atoms with Crippen molar-refractivity contribution in [1.29, 1.82) is 0 Å². The first kappa shape index (κ1) is 31.0. The highest BCUT2D eigenvalue weighted by molar-refractivity contribution is 6.35. The number of ether oxygens (including phenoxy) is 3. The summed E-state index contributed by atoms with van der Waals surface area (Å²) < 4.78 is 16.1. The number of hydrogen-bond acceptors (Lipinski definition) is 5. The van der Waals surface area contributed by atoms with Crippen LogP contribution >= 0.6 is 46.4 Å². The maximum absolute atomic E-state index is 12.1. The van der Waals surface area contributed by atoms with E-state index in [0.717, 1.165) is 11.1 Å². The van der Waals surface area contributed by atoms with Crippen LogP contribution in [-0.4, -0.2) is 11.9 Å². The summed E-state index contributed by atoms with van der Waals surface area (Å²) in [5, 5.41) is 1.43. The second-order valence-corrected chi connectivity index (χ2v) is 11.9. The average Bonchev–Trinajstić information content (AvgIpc) is 2.77. The molecule has 5 nitrogen and oxygen atoms in total. The van der Waals surface area contributed by atoms with Gasteiger partial charge in [-0.05, 0) is 89.8 Å². The summed E-state index contributed by atoms with van der Waals surface area (Å²) in [6.07, 6.45) is 7.47. The lowest BCUT2D eigenvalue weighted by atomic mass is 9.97. The van der Waals surface area contributed by atoms with Gasteiger partial charge in [0.2, 0.25) is 0 Å². The summed E-state index contributed by atoms with van der Waals surface area (Å²) in [6, 6.07) is 6.37. The van der Waals surface area contributed by atoms with Gasteiger partial charge in [-0.25, -0.2) is 0 Å². The Labute approximate surface area is 238 Å². The summed E-state index contributed by atoms with van der Waals surface area (Å²) in [4.78, 5) is 24.2. The third kappa shape index (κ3) is 9.57. The van der Waals surface area contributed by atoms with Crippen molar-refractivity contribution in [2.45, 2.75) is 54.4 Å². The minimum atomic E-state index is -0.663. The van der Waals surface area contributed by atoms with Crippen LogP contribution in [0.4, 0.5) is 0 Å². The zero-order valence-electron chi connectivity index (χ0n) is 21.6. The molecular formula is C28H30Cl4O5. The number of esters is 2. The largest absolute Gasteiger partial charge is 0.473 e. The molecular weight excluding hydrogens is 558 g/mol. The van der Waals surface area contributed by atoms with Gasteiger partial charge in [0.15, 0.2) is 11.5 Å². The van der Waals surface area contributed by atoms with E-state index in [4.69, 9.17) is 60.6 Å². The fourth-order valence-electron chi connectivity index (χ4n) is 2.62. The highest BCUT2D eigenvalue weighted by Gasteiger charge is 2.26. The van der Waals surface area contributed by atoms with E-state index in [0.29, 0.717) is 32.9 Å². The number of carbonyl (C=O) groups excluding carboxylic acids is 2. The molecule has 0 aliphatic heterocycles. The van der Waals surface area contributed by atoms with Gasteiger partial charge in [-0.15, -0.1) is 0 Å². The third-order valence-corrected chi connectivity index (χ3v) is 6.15. The molecule has 0 unspecified atom stereocenters. The maximum Gasteiger partial charge on any atom is 0.316 e. The predicted octanol–water partition coefficient (Wildman–Crippen LogP) is 9.03. The highest BCUT2D eigenvalue weighted by Crippen LogP contribution is 2.34. The molecule has 0 radical (unpaired) electrons. The smallest absolute Gasteiger partial charge is 0.316 e. The minimum Gasteiger partial charge on any atom is -0.473 e. The van der Waals surface area contributed by atoms with Crippen LogP contribution in [0.3, 0.4) is 0 Å². The Hall–Kier alpha value is -2.18. The molecule has 2 aromatic rings. The standard InChI is InChI=1S/C28H30Cl4O5/c1-27(2,3)25(33)36-23-15-19(29)17(13-21(23)31)9-7-11-35-12-8-10-18-14-22(32)24(16-20(18)30)37-26(34)28(4,5)6/h7-8,11-16H,9-10H2,1-6H3. The van der Waals surface area contributed by atoms with Gasteiger partial charge in [-0.3, -0.25) is 9.59 Å². The van der Waals surface area contributed by atoms with Gasteiger partial charge in [0.1, 0.15) is 0 Å². The zero-order chi connectivity index (χ0) is 28.0. The monoisotopic (exact) mass is 586 g/mol. The first-order chi connectivity index (χ1) is 17.1. The van der Waals surface area contributed by atoms with Crippen molar-refractivity contribution in [1.82, 2.24) is 0 Å². The van der Waals surface area contributed by atoms with E-state index in [1.807, 2.05) is 0 Å². The van der Waals surface area contributed by atoms with Crippen molar-refractivity contribution in [3.05, 3.63) is 80.2 Å². The van der Waals surface area contributed by atoms with E-state index in [9.17, 15) is 9.59 Å². The van der Waals surface area contributed by atoms with Gasteiger partial charge in [0.05, 0.1) is 33.4 Å². The molecule has 0 aliphatic carbocycles. The van der Waals surface area contributed by atoms with Gasteiger partial charge in [-0.1, -0.05) is 46.4 Å². The number of allylic oxidation sites excluding steroid dienone is 2. The molecule has 37 heavy (non-hydrogen) atoms. The highest BCUT2D eigenvalue weighted by atomic mass is 35.5. The lowest BCUT2D eigenvalue weighted by molar-refractivity contribution is -0.143. The van der Waals surface area contributed by atoms with Gasteiger partial charge in [-0.2, -0.15) is 0 Å². The van der Waals surface area contributed by atoms with Crippen LogP contribution in [0.2, 0.25) is 20.1 Å². The normalized spacial score (nSPS) is 12.3. The third-order valence-electron chi connectivity index (χ3n) is 4.86. The minimum absolute atomic E-state index is 0.220. The van der Waals surface area contributed by atoms with Crippen LogP contribution in [0.1, 0.15) is 52.7 Å². The lowest BCUT2D eigenvalue weighted by Gasteiger charge is -2.17. The molecule has 0 N–H and O–H groups in total. The van der Waals surface area contributed by atoms with Crippen LogP contribution in [0.25, 0.3) is 0 Å². The first-order valence-electron chi connectivity index (χ1n) is 11.5. The Morgan fingerprint density at radius 1 is 0.649 bits per heavy atom. The fourth-order valence-corrected chi connectivity index (χ4v) is 3.53. The second-order valence-electron chi connectivity index (χ2n) is 10.3. The van der Waals surface area contributed by atoms with Crippen molar-refractivity contribution in [2.24, 2.45) is 10.8 Å². The van der Waals surface area contributed by atoms with Crippen molar-refractivity contribution >= 4 is 58.3 Å². The van der Waals surface area contributed by atoms with Crippen molar-refractivity contribution < 1.29 is 23.8 Å². The summed E-state index contributed by atoms with van der Waals surface area (Å²) in [5.41, 5.74) is 0.174. The van der Waals surface area contributed by atoms with Crippen molar-refractivity contribution in [3.63, 3.8) is 0 Å². The van der Waals surface area contributed by atoms with Gasteiger partial charge < -0.3 is 14.2 Å². The number of hydrogen-bond donors (Lipinski definition) is 0. The average molecular weight is 588 g/mol. The number of carbonyl (C=O) groups is 2. The molecule has 0 aromatic heterocycles. The Morgan fingerprint density at radius 3 is 1.32 bits per heavy atom. The SMILES string of the molecule is CC(C)(C)C(=O)Oc1cc(Cl)c(CC=COC=CCc2cc(Cl)c(OC(=O)C(C)(C)C)cc2Cl)cc1Cl. The van der Waals surface area contributed by atoms with E-state index >= 15 is 0 Å². The summed E-state index contributed by atoms with van der Waals surface area (Å²) in [5.74, 6) is -0.362. The van der Waals surface area contributed by atoms with Crippen LogP contribution in [0.15, 0.2) is 48.9 Å². The van der Waals surface area contributed by atoms with Crippen LogP contribution < -0.4 is 9.47 Å². The summed E-state index contributed by atoms with van der Waals surface area (Å²) in [6.45, 7) is 10.5. The fraction of sp³-hybridized carbons (Fsp3) is 0.357. The molecule has 0 bridgehead atoms. The number of benzene rings is 2. The molecule has 0 saturated carbocycles.